The number of piperidine rings is 1. The van der Waals surface area contributed by atoms with E-state index >= 15 is 0 Å². The summed E-state index contributed by atoms with van der Waals surface area (Å²) >= 11 is 1.94. The summed E-state index contributed by atoms with van der Waals surface area (Å²) in [6.45, 7) is 7.92. The van der Waals surface area contributed by atoms with Gasteiger partial charge in [0.05, 0.1) is 0 Å². The lowest BCUT2D eigenvalue weighted by Crippen LogP contribution is -2.36. The van der Waals surface area contributed by atoms with E-state index in [1.807, 2.05) is 24.1 Å². The van der Waals surface area contributed by atoms with Crippen molar-refractivity contribution < 1.29 is 26.7 Å². The van der Waals surface area contributed by atoms with Gasteiger partial charge in [0.1, 0.15) is 0 Å². The molecule has 0 bridgehead atoms. The Hall–Kier alpha value is -1.39. The predicted octanol–water partition coefficient (Wildman–Crippen LogP) is 6.01. The van der Waals surface area contributed by atoms with Crippen molar-refractivity contribution in [3.05, 3.63) is 35.4 Å². The molecule has 10 heteroatoms. The second-order valence-electron chi connectivity index (χ2n) is 9.36. The van der Waals surface area contributed by atoms with Crippen molar-refractivity contribution in [2.75, 3.05) is 31.9 Å². The van der Waals surface area contributed by atoms with Crippen molar-refractivity contribution >= 4 is 17.9 Å². The Morgan fingerprint density at radius 3 is 2.11 bits per heavy atom. The molecule has 35 heavy (non-hydrogen) atoms. The van der Waals surface area contributed by atoms with Gasteiger partial charge in [-0.05, 0) is 62.1 Å². The summed E-state index contributed by atoms with van der Waals surface area (Å²) in [5.74, 6) is -3.42. The number of halogens is 5. The molecule has 1 saturated carbocycles. The average Bonchev–Trinajstić information content (AvgIpc) is 3.62. The third-order valence-corrected chi connectivity index (χ3v) is 7.37. The summed E-state index contributed by atoms with van der Waals surface area (Å²) in [7, 11) is 0. The van der Waals surface area contributed by atoms with Gasteiger partial charge in [-0.3, -0.25) is 14.0 Å². The Bertz CT molecular complexity index is 759. The number of amides is 1. The second kappa shape index (κ2) is 13.8. The van der Waals surface area contributed by atoms with Crippen LogP contribution < -0.4 is 5.73 Å². The van der Waals surface area contributed by atoms with Gasteiger partial charge in [-0.1, -0.05) is 43.1 Å². The second-order valence-corrected chi connectivity index (χ2v) is 10.5. The van der Waals surface area contributed by atoms with Crippen molar-refractivity contribution in [2.24, 2.45) is 5.73 Å². The van der Waals surface area contributed by atoms with Gasteiger partial charge in [0.15, 0.2) is 0 Å². The van der Waals surface area contributed by atoms with E-state index in [4.69, 9.17) is 0 Å². The van der Waals surface area contributed by atoms with Gasteiger partial charge < -0.3 is 5.73 Å². The van der Waals surface area contributed by atoms with E-state index in [0.717, 1.165) is 49.8 Å². The smallest absolute Gasteiger partial charge is 0.370 e. The number of nitrogens with two attached hydrogens (primary N) is 1. The van der Waals surface area contributed by atoms with E-state index in [-0.39, 0.29) is 12.3 Å². The highest BCUT2D eigenvalue weighted by atomic mass is 32.2. The molecule has 0 atom stereocenters. The standard InChI is InChI=1S/C23H33F5N2S.C2H5NO/c1-2-13-29(21-7-8-21)16-17-31-30-14-10-20(11-15-30)19-5-3-18(4-6-19)9-12-22(24,25)23(26,27)28;1-2(3)4/h3-6,20-21H,2,7-17H2,1H3;1H3,(H2,3,4). The maximum Gasteiger partial charge on any atom is 0.453 e. The SMILES string of the molecule is CC(N)=O.CCCN(CCSN1CCC(c2ccc(CCC(F)(F)C(F)(F)F)cc2)CC1)C1CC1. The van der Waals surface area contributed by atoms with Crippen LogP contribution in [0.1, 0.15) is 69.4 Å². The molecule has 1 saturated heterocycles. The van der Waals surface area contributed by atoms with Crippen molar-refractivity contribution in [1.82, 2.24) is 9.21 Å². The van der Waals surface area contributed by atoms with Gasteiger partial charge >= 0.3 is 12.1 Å². The molecule has 1 amide bonds. The summed E-state index contributed by atoms with van der Waals surface area (Å²) in [6.07, 6.45) is -0.986. The molecule has 4 nitrogen and oxygen atoms in total. The first-order chi connectivity index (χ1) is 16.4. The third kappa shape index (κ3) is 10.6. The topological polar surface area (TPSA) is 49.6 Å². The Balaban J connectivity index is 0.00000100. The zero-order valence-electron chi connectivity index (χ0n) is 20.6. The number of hydrogen-bond acceptors (Lipinski definition) is 4. The number of primary amides is 1. The molecular formula is C25H38F5N3OS. The fourth-order valence-electron chi connectivity index (χ4n) is 4.21. The number of rotatable bonds is 11. The van der Waals surface area contributed by atoms with Gasteiger partial charge in [-0.15, -0.1) is 0 Å². The Kier molecular flexibility index (Phi) is 11.8. The van der Waals surface area contributed by atoms with Gasteiger partial charge in [0.25, 0.3) is 0 Å². The Morgan fingerprint density at radius 2 is 1.63 bits per heavy atom. The highest BCUT2D eigenvalue weighted by molar-refractivity contribution is 7.97. The number of aryl methyl sites for hydroxylation is 1. The number of alkyl halides is 5. The Labute approximate surface area is 209 Å². The van der Waals surface area contributed by atoms with Crippen LogP contribution >= 0.6 is 11.9 Å². The van der Waals surface area contributed by atoms with Crippen molar-refractivity contribution in [2.45, 2.75) is 82.9 Å². The maximum atomic E-state index is 13.1. The van der Waals surface area contributed by atoms with Crippen LogP contribution in [0, 0.1) is 0 Å². The highest BCUT2D eigenvalue weighted by Crippen LogP contribution is 2.39. The fourth-order valence-corrected chi connectivity index (χ4v) is 5.25. The average molecular weight is 524 g/mol. The van der Waals surface area contributed by atoms with Crippen LogP contribution in [0.15, 0.2) is 24.3 Å². The molecule has 0 spiro atoms. The molecule has 1 aliphatic carbocycles. The molecule has 2 aliphatic rings. The van der Waals surface area contributed by atoms with Crippen molar-refractivity contribution in [1.29, 1.82) is 0 Å². The molecule has 1 aromatic rings. The first kappa shape index (κ1) is 29.8. The van der Waals surface area contributed by atoms with Crippen molar-refractivity contribution in [3.63, 3.8) is 0 Å². The number of nitrogens with zero attached hydrogens (tertiary/aromatic N) is 2. The molecule has 1 heterocycles. The van der Waals surface area contributed by atoms with Gasteiger partial charge in [-0.25, -0.2) is 0 Å². The van der Waals surface area contributed by atoms with Gasteiger partial charge in [-0.2, -0.15) is 22.0 Å². The number of hydrogen-bond donors (Lipinski definition) is 1. The third-order valence-electron chi connectivity index (χ3n) is 6.27. The van der Waals surface area contributed by atoms with E-state index < -0.39 is 18.5 Å². The highest BCUT2D eigenvalue weighted by Gasteiger charge is 2.56. The van der Waals surface area contributed by atoms with Gasteiger partial charge in [0.2, 0.25) is 5.91 Å². The summed E-state index contributed by atoms with van der Waals surface area (Å²) in [5, 5.41) is 0. The quantitative estimate of drug-likeness (QED) is 0.285. The Morgan fingerprint density at radius 1 is 1.06 bits per heavy atom. The molecule has 0 unspecified atom stereocenters. The lowest BCUT2D eigenvalue weighted by Gasteiger charge is -2.32. The minimum absolute atomic E-state index is 0.280. The predicted molar refractivity (Wildman–Crippen MR) is 132 cm³/mol. The van der Waals surface area contributed by atoms with E-state index in [0.29, 0.717) is 11.5 Å². The van der Waals surface area contributed by atoms with E-state index in [9.17, 15) is 26.7 Å². The number of benzene rings is 1. The number of carbonyl (C=O) groups is 1. The van der Waals surface area contributed by atoms with Crippen LogP contribution in [-0.4, -0.2) is 65.2 Å². The van der Waals surface area contributed by atoms with E-state index in [1.54, 1.807) is 12.1 Å². The molecule has 2 N–H and O–H groups in total. The summed E-state index contributed by atoms with van der Waals surface area (Å²) in [6, 6.07) is 8.00. The molecular weight excluding hydrogens is 485 g/mol. The van der Waals surface area contributed by atoms with E-state index in [1.165, 1.54) is 32.7 Å². The summed E-state index contributed by atoms with van der Waals surface area (Å²) in [4.78, 5) is 11.8. The molecule has 1 aromatic carbocycles. The maximum absolute atomic E-state index is 13.1. The zero-order valence-corrected chi connectivity index (χ0v) is 21.4. The molecule has 0 radical (unpaired) electrons. The minimum Gasteiger partial charge on any atom is -0.370 e. The molecule has 0 aromatic heterocycles. The normalized spacial score (nSPS) is 17.8. The molecule has 3 rings (SSSR count). The molecule has 1 aliphatic heterocycles. The first-order valence-corrected chi connectivity index (χ1v) is 13.3. The summed E-state index contributed by atoms with van der Waals surface area (Å²) in [5.41, 5.74) is 6.15. The molecule has 2 fully saturated rings. The van der Waals surface area contributed by atoms with Crippen LogP contribution in [0.2, 0.25) is 0 Å². The largest absolute Gasteiger partial charge is 0.453 e. The first-order valence-electron chi connectivity index (χ1n) is 12.3. The monoisotopic (exact) mass is 523 g/mol. The number of carbonyl (C=O) groups excluding carboxylic acids is 1. The van der Waals surface area contributed by atoms with E-state index in [2.05, 4.69) is 21.9 Å². The zero-order chi connectivity index (χ0) is 26.1. The van der Waals surface area contributed by atoms with Crippen LogP contribution in [-0.2, 0) is 11.2 Å². The lowest BCUT2D eigenvalue weighted by atomic mass is 9.89. The molecule has 200 valence electrons. The van der Waals surface area contributed by atoms with Crippen LogP contribution in [0.25, 0.3) is 0 Å². The lowest BCUT2D eigenvalue weighted by molar-refractivity contribution is -0.284. The minimum atomic E-state index is -5.48. The van der Waals surface area contributed by atoms with Crippen molar-refractivity contribution in [3.8, 4) is 0 Å². The van der Waals surface area contributed by atoms with Crippen LogP contribution in [0.3, 0.4) is 0 Å². The van der Waals surface area contributed by atoms with Gasteiger partial charge in [0, 0.05) is 44.8 Å². The summed E-state index contributed by atoms with van der Waals surface area (Å²) < 4.78 is 65.6. The van der Waals surface area contributed by atoms with Crippen LogP contribution in [0.5, 0.6) is 0 Å². The van der Waals surface area contributed by atoms with Crippen LogP contribution in [0.4, 0.5) is 22.0 Å². The fraction of sp³-hybridized carbons (Fsp3) is 0.720.